The topological polar surface area (TPSA) is 64.4 Å². The number of hydrogen-bond donors (Lipinski definition) is 2. The van der Waals surface area contributed by atoms with Crippen LogP contribution in [0.2, 0.25) is 0 Å². The number of amides is 1. The number of nitrogen functional groups attached to an aromatic ring is 1. The third-order valence-electron chi connectivity index (χ3n) is 2.93. The fourth-order valence-electron chi connectivity index (χ4n) is 2.28. The summed E-state index contributed by atoms with van der Waals surface area (Å²) in [5.74, 6) is -0.0659. The molecule has 0 aromatic carbocycles. The molecule has 2 rings (SSSR count). The van der Waals surface area contributed by atoms with Gasteiger partial charge in [-0.3, -0.25) is 4.79 Å². The molecule has 1 aliphatic rings. The average molecular weight is 254 g/mol. The number of nitrogens with two attached hydrogens (primary N) is 1. The molecular weight excluding hydrogens is 236 g/mol. The molecule has 0 fully saturated rings. The van der Waals surface area contributed by atoms with Crippen molar-refractivity contribution in [2.24, 2.45) is 0 Å². The van der Waals surface area contributed by atoms with Crippen LogP contribution in [-0.4, -0.2) is 18.6 Å². The number of ether oxygens (including phenoxy) is 1. The van der Waals surface area contributed by atoms with Crippen molar-refractivity contribution in [1.29, 1.82) is 0 Å². The van der Waals surface area contributed by atoms with E-state index in [-0.39, 0.29) is 18.1 Å². The first-order valence-corrected chi connectivity index (χ1v) is 6.70. The molecule has 94 valence electrons. The molecule has 0 saturated heterocycles. The highest BCUT2D eigenvalue weighted by Gasteiger charge is 2.30. The van der Waals surface area contributed by atoms with Gasteiger partial charge in [-0.1, -0.05) is 0 Å². The van der Waals surface area contributed by atoms with Gasteiger partial charge in [0, 0.05) is 17.8 Å². The second kappa shape index (κ2) is 4.66. The van der Waals surface area contributed by atoms with E-state index in [1.807, 2.05) is 20.8 Å². The van der Waals surface area contributed by atoms with Gasteiger partial charge in [-0.25, -0.2) is 0 Å². The maximum absolute atomic E-state index is 12.0. The normalized spacial score (nSPS) is 23.2. The van der Waals surface area contributed by atoms with E-state index in [2.05, 4.69) is 5.32 Å². The number of hydrogen-bond acceptors (Lipinski definition) is 4. The molecule has 1 amide bonds. The Balaban J connectivity index is 2.43. The first kappa shape index (κ1) is 12.4. The predicted molar refractivity (Wildman–Crippen MR) is 69.4 cm³/mol. The minimum atomic E-state index is -0.0659. The van der Waals surface area contributed by atoms with Gasteiger partial charge in [-0.15, -0.1) is 11.3 Å². The van der Waals surface area contributed by atoms with Gasteiger partial charge >= 0.3 is 0 Å². The Labute approximate surface area is 105 Å². The van der Waals surface area contributed by atoms with Crippen molar-refractivity contribution in [3.05, 3.63) is 16.0 Å². The van der Waals surface area contributed by atoms with Gasteiger partial charge < -0.3 is 15.8 Å². The Morgan fingerprint density at radius 1 is 1.59 bits per heavy atom. The standard InChI is InChI=1S/C12H18N2O2S/c1-4-14-12(15)9-8-5-6(2)16-7(3)10(8)17-11(9)13/h6-7H,4-5,13H2,1-3H3,(H,14,15). The van der Waals surface area contributed by atoms with E-state index >= 15 is 0 Å². The zero-order chi connectivity index (χ0) is 12.6. The molecule has 17 heavy (non-hydrogen) atoms. The Morgan fingerprint density at radius 2 is 2.29 bits per heavy atom. The third-order valence-corrected chi connectivity index (χ3v) is 4.15. The number of carbonyl (C=O) groups excluding carboxylic acids is 1. The number of rotatable bonds is 2. The lowest BCUT2D eigenvalue weighted by Crippen LogP contribution is -2.27. The van der Waals surface area contributed by atoms with Crippen molar-refractivity contribution >= 4 is 22.2 Å². The van der Waals surface area contributed by atoms with Gasteiger partial charge in [0.05, 0.1) is 22.8 Å². The van der Waals surface area contributed by atoms with Crippen LogP contribution in [0.5, 0.6) is 0 Å². The lowest BCUT2D eigenvalue weighted by molar-refractivity contribution is -0.00228. The molecule has 0 saturated carbocycles. The van der Waals surface area contributed by atoms with Crippen molar-refractivity contribution in [2.45, 2.75) is 39.4 Å². The molecule has 4 nitrogen and oxygen atoms in total. The van der Waals surface area contributed by atoms with E-state index < -0.39 is 0 Å². The molecule has 1 aromatic rings. The Hall–Kier alpha value is -1.07. The molecule has 0 bridgehead atoms. The number of carbonyl (C=O) groups is 1. The molecular formula is C12H18N2O2S. The first-order chi connectivity index (χ1) is 8.04. The van der Waals surface area contributed by atoms with Gasteiger partial charge in [0.2, 0.25) is 0 Å². The first-order valence-electron chi connectivity index (χ1n) is 5.89. The number of fused-ring (bicyclic) bond motifs is 1. The van der Waals surface area contributed by atoms with E-state index in [1.54, 1.807) is 0 Å². The maximum atomic E-state index is 12.0. The van der Waals surface area contributed by atoms with Crippen molar-refractivity contribution in [1.82, 2.24) is 5.32 Å². The summed E-state index contributed by atoms with van der Waals surface area (Å²) in [5.41, 5.74) is 7.70. The van der Waals surface area contributed by atoms with Crippen LogP contribution in [0.15, 0.2) is 0 Å². The molecule has 2 heterocycles. The molecule has 5 heteroatoms. The number of nitrogens with one attached hydrogen (secondary N) is 1. The summed E-state index contributed by atoms with van der Waals surface area (Å²) in [6.45, 7) is 6.55. The SMILES string of the molecule is CCNC(=O)c1c(N)sc2c1CC(C)OC2C. The van der Waals surface area contributed by atoms with Crippen LogP contribution in [0.3, 0.4) is 0 Å². The molecule has 3 N–H and O–H groups in total. The van der Waals surface area contributed by atoms with Crippen LogP contribution >= 0.6 is 11.3 Å². The Morgan fingerprint density at radius 3 is 2.94 bits per heavy atom. The van der Waals surface area contributed by atoms with E-state index in [4.69, 9.17) is 10.5 Å². The lowest BCUT2D eigenvalue weighted by atomic mass is 9.98. The van der Waals surface area contributed by atoms with Gasteiger partial charge in [0.15, 0.2) is 0 Å². The highest BCUT2D eigenvalue weighted by Crippen LogP contribution is 2.41. The highest BCUT2D eigenvalue weighted by atomic mass is 32.1. The van der Waals surface area contributed by atoms with Crippen LogP contribution < -0.4 is 11.1 Å². The Bertz CT molecular complexity index is 442. The number of anilines is 1. The van der Waals surface area contributed by atoms with Gasteiger partial charge in [-0.05, 0) is 26.3 Å². The highest BCUT2D eigenvalue weighted by molar-refractivity contribution is 7.16. The second-order valence-electron chi connectivity index (χ2n) is 4.34. The summed E-state index contributed by atoms with van der Waals surface area (Å²) >= 11 is 1.47. The molecule has 0 spiro atoms. The lowest BCUT2D eigenvalue weighted by Gasteiger charge is -2.25. The van der Waals surface area contributed by atoms with Crippen LogP contribution in [0, 0.1) is 0 Å². The van der Waals surface area contributed by atoms with Crippen molar-refractivity contribution in [2.75, 3.05) is 12.3 Å². The summed E-state index contributed by atoms with van der Waals surface area (Å²) in [6, 6.07) is 0. The van der Waals surface area contributed by atoms with Crippen molar-refractivity contribution < 1.29 is 9.53 Å². The van der Waals surface area contributed by atoms with Crippen LogP contribution in [0.4, 0.5) is 5.00 Å². The summed E-state index contributed by atoms with van der Waals surface area (Å²) in [7, 11) is 0. The van der Waals surface area contributed by atoms with Gasteiger partial charge in [0.1, 0.15) is 0 Å². The molecule has 0 radical (unpaired) electrons. The minimum Gasteiger partial charge on any atom is -0.390 e. The fourth-order valence-corrected chi connectivity index (χ4v) is 3.36. The third kappa shape index (κ3) is 2.17. The summed E-state index contributed by atoms with van der Waals surface area (Å²) < 4.78 is 5.74. The van der Waals surface area contributed by atoms with Crippen LogP contribution in [0.25, 0.3) is 0 Å². The number of thiophene rings is 1. The van der Waals surface area contributed by atoms with E-state index in [0.717, 1.165) is 16.9 Å². The van der Waals surface area contributed by atoms with E-state index in [1.165, 1.54) is 11.3 Å². The zero-order valence-electron chi connectivity index (χ0n) is 10.4. The minimum absolute atomic E-state index is 0.0317. The fraction of sp³-hybridized carbons (Fsp3) is 0.583. The average Bonchev–Trinajstić information content (AvgIpc) is 2.55. The summed E-state index contributed by atoms with van der Waals surface area (Å²) in [6.07, 6.45) is 0.934. The van der Waals surface area contributed by atoms with E-state index in [9.17, 15) is 4.79 Å². The van der Waals surface area contributed by atoms with Crippen molar-refractivity contribution in [3.8, 4) is 0 Å². The second-order valence-corrected chi connectivity index (χ2v) is 5.42. The van der Waals surface area contributed by atoms with E-state index in [0.29, 0.717) is 17.1 Å². The zero-order valence-corrected chi connectivity index (χ0v) is 11.2. The molecule has 2 atom stereocenters. The van der Waals surface area contributed by atoms with Crippen LogP contribution in [0.1, 0.15) is 47.7 Å². The Kier molecular flexibility index (Phi) is 3.40. The monoisotopic (exact) mass is 254 g/mol. The molecule has 1 aliphatic heterocycles. The molecule has 1 aromatic heterocycles. The summed E-state index contributed by atoms with van der Waals surface area (Å²) in [5, 5.41) is 3.42. The van der Waals surface area contributed by atoms with Gasteiger partial charge in [-0.2, -0.15) is 0 Å². The van der Waals surface area contributed by atoms with Crippen molar-refractivity contribution in [3.63, 3.8) is 0 Å². The van der Waals surface area contributed by atoms with Gasteiger partial charge in [0.25, 0.3) is 5.91 Å². The molecule has 0 aliphatic carbocycles. The maximum Gasteiger partial charge on any atom is 0.254 e. The quantitative estimate of drug-likeness (QED) is 0.849. The largest absolute Gasteiger partial charge is 0.390 e. The summed E-state index contributed by atoms with van der Waals surface area (Å²) in [4.78, 5) is 13.1. The smallest absolute Gasteiger partial charge is 0.254 e. The predicted octanol–water partition coefficient (Wildman–Crippen LogP) is 2.10. The molecule has 2 unspecified atom stereocenters. The van der Waals surface area contributed by atoms with Crippen LogP contribution in [-0.2, 0) is 11.2 Å².